The molecule has 0 aromatic heterocycles. The topological polar surface area (TPSA) is 177 Å². The number of hydrogen-bond acceptors (Lipinski definition) is 6. The van der Waals surface area contributed by atoms with E-state index in [4.69, 9.17) is 11.5 Å². The zero-order valence-corrected chi connectivity index (χ0v) is 22.5. The highest BCUT2D eigenvalue weighted by molar-refractivity contribution is 5.94. The van der Waals surface area contributed by atoms with Gasteiger partial charge in [-0.25, -0.2) is 4.79 Å². The number of nitrogens with one attached hydrogen (secondary N) is 3. The van der Waals surface area contributed by atoms with Gasteiger partial charge in [0.1, 0.15) is 18.1 Å². The maximum atomic E-state index is 13.3. The molecule has 0 radical (unpaired) electrons. The Morgan fingerprint density at radius 3 is 1.84 bits per heavy atom. The van der Waals surface area contributed by atoms with E-state index in [9.17, 15) is 24.3 Å². The molecule has 0 fully saturated rings. The predicted octanol–water partition coefficient (Wildman–Crippen LogP) is 1.32. The molecule has 0 aliphatic heterocycles. The number of carbonyl (C=O) groups is 4. The van der Waals surface area contributed by atoms with E-state index in [1.807, 2.05) is 58.0 Å². The highest BCUT2D eigenvalue weighted by Gasteiger charge is 2.31. The van der Waals surface area contributed by atoms with E-state index >= 15 is 0 Å². The number of carbonyl (C=O) groups excluding carboxylic acids is 3. The maximum absolute atomic E-state index is 13.3. The maximum Gasteiger partial charge on any atom is 0.326 e. The average Bonchev–Trinajstić information content (AvgIpc) is 2.82. The van der Waals surface area contributed by atoms with Gasteiger partial charge in [-0.15, -0.1) is 0 Å². The SMILES string of the molecule is CC(C)CC(NC(=O)C(Cc1ccccc1)NC(=O)C(CC(C)C)NC(=O)C(N)CCCCN)C(=O)O. The van der Waals surface area contributed by atoms with Crippen LogP contribution in [0.1, 0.15) is 65.4 Å². The first-order valence-electron chi connectivity index (χ1n) is 13.1. The second-order valence-electron chi connectivity index (χ2n) is 10.4. The zero-order chi connectivity index (χ0) is 28.0. The van der Waals surface area contributed by atoms with E-state index in [2.05, 4.69) is 16.0 Å². The van der Waals surface area contributed by atoms with Crippen LogP contribution in [0.3, 0.4) is 0 Å². The van der Waals surface area contributed by atoms with Crippen LogP contribution in [0.4, 0.5) is 0 Å². The van der Waals surface area contributed by atoms with Gasteiger partial charge in [0.15, 0.2) is 0 Å². The number of nitrogens with two attached hydrogens (primary N) is 2. The van der Waals surface area contributed by atoms with E-state index < -0.39 is 47.9 Å². The fourth-order valence-corrected chi connectivity index (χ4v) is 3.92. The molecule has 10 heteroatoms. The second kappa shape index (κ2) is 16.7. The summed E-state index contributed by atoms with van der Waals surface area (Å²) >= 11 is 0. The molecule has 1 aromatic rings. The zero-order valence-electron chi connectivity index (χ0n) is 22.5. The molecule has 3 amide bonds. The Balaban J connectivity index is 3.07. The van der Waals surface area contributed by atoms with Crippen molar-refractivity contribution >= 4 is 23.7 Å². The number of amides is 3. The molecule has 10 nitrogen and oxygen atoms in total. The van der Waals surface area contributed by atoms with Crippen LogP contribution in [0.25, 0.3) is 0 Å². The summed E-state index contributed by atoms with van der Waals surface area (Å²) in [6.07, 6.45) is 2.66. The first-order chi connectivity index (χ1) is 17.4. The molecule has 0 aliphatic carbocycles. The molecule has 0 aliphatic rings. The summed E-state index contributed by atoms with van der Waals surface area (Å²) < 4.78 is 0. The average molecular weight is 520 g/mol. The number of rotatable bonds is 17. The Labute approximate surface area is 220 Å². The van der Waals surface area contributed by atoms with Gasteiger partial charge in [-0.05, 0) is 49.6 Å². The quantitative estimate of drug-likeness (QED) is 0.168. The lowest BCUT2D eigenvalue weighted by Crippen LogP contribution is -2.58. The highest BCUT2D eigenvalue weighted by atomic mass is 16.4. The Kier molecular flexibility index (Phi) is 14.5. The summed E-state index contributed by atoms with van der Waals surface area (Å²) in [5.41, 5.74) is 12.3. The molecular formula is C27H45N5O5. The highest BCUT2D eigenvalue weighted by Crippen LogP contribution is 2.10. The van der Waals surface area contributed by atoms with Gasteiger partial charge in [0, 0.05) is 6.42 Å². The minimum Gasteiger partial charge on any atom is -0.480 e. The van der Waals surface area contributed by atoms with Gasteiger partial charge in [0.05, 0.1) is 6.04 Å². The van der Waals surface area contributed by atoms with Gasteiger partial charge in [-0.1, -0.05) is 64.4 Å². The summed E-state index contributed by atoms with van der Waals surface area (Å²) in [6.45, 7) is 8.09. The van der Waals surface area contributed by atoms with Crippen molar-refractivity contribution in [3.8, 4) is 0 Å². The molecule has 1 aromatic carbocycles. The number of aliphatic carboxylic acids is 1. The predicted molar refractivity (Wildman–Crippen MR) is 143 cm³/mol. The number of carboxylic acids is 1. The minimum atomic E-state index is -1.14. The first-order valence-corrected chi connectivity index (χ1v) is 13.1. The standard InChI is InChI=1S/C27H45N5O5/c1-17(2)14-21(30-24(33)20(29)12-8-9-13-28)25(34)31-22(16-19-10-6-5-7-11-19)26(35)32-23(27(36)37)15-18(3)4/h5-7,10-11,17-18,20-23H,8-9,12-16,28-29H2,1-4H3,(H,30,33)(H,31,34)(H,32,35)(H,36,37). The van der Waals surface area contributed by atoms with Crippen LogP contribution in [-0.4, -0.2) is 59.5 Å². The molecule has 8 N–H and O–H groups in total. The number of unbranched alkanes of at least 4 members (excludes halogenated alkanes) is 1. The van der Waals surface area contributed by atoms with Crippen molar-refractivity contribution in [2.45, 2.75) is 90.4 Å². The molecule has 1 rings (SSSR count). The third kappa shape index (κ3) is 12.7. The third-order valence-electron chi connectivity index (χ3n) is 5.88. The van der Waals surface area contributed by atoms with Crippen LogP contribution in [0.2, 0.25) is 0 Å². The second-order valence-corrected chi connectivity index (χ2v) is 10.4. The normalized spacial score (nSPS) is 14.5. The van der Waals surface area contributed by atoms with E-state index in [1.54, 1.807) is 0 Å². The van der Waals surface area contributed by atoms with Crippen molar-refractivity contribution in [3.63, 3.8) is 0 Å². The summed E-state index contributed by atoms with van der Waals surface area (Å²) in [5, 5.41) is 17.6. The summed E-state index contributed by atoms with van der Waals surface area (Å²) in [4.78, 5) is 50.9. The van der Waals surface area contributed by atoms with E-state index in [0.717, 1.165) is 12.0 Å². The van der Waals surface area contributed by atoms with Crippen molar-refractivity contribution < 1.29 is 24.3 Å². The molecule has 37 heavy (non-hydrogen) atoms. The number of carboxylic acid groups (broad SMARTS) is 1. The molecular weight excluding hydrogens is 474 g/mol. The van der Waals surface area contributed by atoms with Gasteiger partial charge in [-0.3, -0.25) is 14.4 Å². The van der Waals surface area contributed by atoms with Crippen LogP contribution in [0, 0.1) is 11.8 Å². The lowest BCUT2D eigenvalue weighted by atomic mass is 9.99. The van der Waals surface area contributed by atoms with Gasteiger partial charge >= 0.3 is 5.97 Å². The summed E-state index contributed by atoms with van der Waals surface area (Å²) in [6, 6.07) is 5.33. The van der Waals surface area contributed by atoms with Crippen molar-refractivity contribution in [2.75, 3.05) is 6.54 Å². The fourth-order valence-electron chi connectivity index (χ4n) is 3.92. The van der Waals surface area contributed by atoms with Crippen molar-refractivity contribution in [1.82, 2.24) is 16.0 Å². The molecule has 0 saturated heterocycles. The van der Waals surface area contributed by atoms with Gasteiger partial charge in [0.2, 0.25) is 17.7 Å². The molecule has 0 bridgehead atoms. The number of benzene rings is 1. The minimum absolute atomic E-state index is 0.0447. The van der Waals surface area contributed by atoms with Crippen LogP contribution < -0.4 is 27.4 Å². The molecule has 0 heterocycles. The largest absolute Gasteiger partial charge is 0.480 e. The van der Waals surface area contributed by atoms with Gasteiger partial charge in [0.25, 0.3) is 0 Å². The van der Waals surface area contributed by atoms with Crippen molar-refractivity contribution in [3.05, 3.63) is 35.9 Å². The van der Waals surface area contributed by atoms with Crippen LogP contribution in [0.5, 0.6) is 0 Å². The molecule has 4 unspecified atom stereocenters. The molecule has 0 spiro atoms. The lowest BCUT2D eigenvalue weighted by molar-refractivity contribution is -0.142. The third-order valence-corrected chi connectivity index (χ3v) is 5.88. The monoisotopic (exact) mass is 519 g/mol. The Hall–Kier alpha value is -2.98. The van der Waals surface area contributed by atoms with Crippen molar-refractivity contribution in [2.24, 2.45) is 23.3 Å². The van der Waals surface area contributed by atoms with Crippen LogP contribution in [0.15, 0.2) is 30.3 Å². The molecule has 4 atom stereocenters. The van der Waals surface area contributed by atoms with Gasteiger partial charge < -0.3 is 32.5 Å². The molecule has 0 saturated carbocycles. The lowest BCUT2D eigenvalue weighted by Gasteiger charge is -2.26. The summed E-state index contributed by atoms with van der Waals surface area (Å²) in [7, 11) is 0. The Morgan fingerprint density at radius 2 is 1.30 bits per heavy atom. The summed E-state index contributed by atoms with van der Waals surface area (Å²) in [5.74, 6) is -2.58. The fraction of sp³-hybridized carbons (Fsp3) is 0.630. The van der Waals surface area contributed by atoms with E-state index in [0.29, 0.717) is 25.8 Å². The van der Waals surface area contributed by atoms with E-state index in [1.165, 1.54) is 0 Å². The first kappa shape index (κ1) is 32.0. The Bertz CT molecular complexity index is 862. The Morgan fingerprint density at radius 1 is 0.784 bits per heavy atom. The smallest absolute Gasteiger partial charge is 0.326 e. The number of hydrogen-bond donors (Lipinski definition) is 6. The van der Waals surface area contributed by atoms with Crippen LogP contribution >= 0.6 is 0 Å². The van der Waals surface area contributed by atoms with Crippen molar-refractivity contribution in [1.29, 1.82) is 0 Å². The van der Waals surface area contributed by atoms with Crippen LogP contribution in [-0.2, 0) is 25.6 Å². The van der Waals surface area contributed by atoms with E-state index in [-0.39, 0.29) is 24.7 Å². The van der Waals surface area contributed by atoms with Gasteiger partial charge in [-0.2, -0.15) is 0 Å². The molecule has 208 valence electrons.